The van der Waals surface area contributed by atoms with Gasteiger partial charge in [-0.25, -0.2) is 19.5 Å². The number of aromatic nitrogens is 2. The average molecular weight is 497 g/mol. The molecule has 0 aliphatic carbocycles. The van der Waals surface area contributed by atoms with Gasteiger partial charge in [0.2, 0.25) is 0 Å². The monoisotopic (exact) mass is 496 g/mol. The first-order chi connectivity index (χ1) is 16.2. The molecule has 2 aromatic rings. The van der Waals surface area contributed by atoms with Crippen molar-refractivity contribution >= 4 is 35.4 Å². The van der Waals surface area contributed by atoms with Gasteiger partial charge in [0.25, 0.3) is 5.91 Å². The van der Waals surface area contributed by atoms with Crippen LogP contribution in [-0.4, -0.2) is 58.3 Å². The number of nitrogens with one attached hydrogen (secondary N) is 2. The standard InChI is InChI=1S/C20H22ClFN6O6/c1-10(23)33-20(31)32-9-12-7-28-17(18(29)26-34-12)13-8-27(5-4-16(13)25-28)19(30)24-11-2-3-15(22)14(21)6-11/h2-3,6,10,12H,4-5,7-9,23H2,1H3,(H,24,30)(H,26,29). The molecule has 182 valence electrons. The van der Waals surface area contributed by atoms with E-state index in [0.717, 1.165) is 6.07 Å². The first-order valence-corrected chi connectivity index (χ1v) is 10.7. The Hall–Kier alpha value is -3.42. The summed E-state index contributed by atoms with van der Waals surface area (Å²) in [7, 11) is 0. The topological polar surface area (TPSA) is 150 Å². The Kier molecular flexibility index (Phi) is 6.86. The molecule has 2 unspecified atom stereocenters. The van der Waals surface area contributed by atoms with E-state index in [-0.39, 0.29) is 30.4 Å². The number of hydroxylamine groups is 1. The number of anilines is 1. The summed E-state index contributed by atoms with van der Waals surface area (Å²) in [6.07, 6.45) is -2.09. The van der Waals surface area contributed by atoms with Gasteiger partial charge in [-0.3, -0.25) is 20.0 Å². The predicted octanol–water partition coefficient (Wildman–Crippen LogP) is 1.77. The molecule has 0 fully saturated rings. The van der Waals surface area contributed by atoms with Gasteiger partial charge in [-0.1, -0.05) is 11.6 Å². The Morgan fingerprint density at radius 2 is 2.26 bits per heavy atom. The van der Waals surface area contributed by atoms with Crippen molar-refractivity contribution in [1.29, 1.82) is 0 Å². The maximum atomic E-state index is 13.4. The van der Waals surface area contributed by atoms with Crippen LogP contribution in [0.15, 0.2) is 18.2 Å². The van der Waals surface area contributed by atoms with Crippen LogP contribution >= 0.6 is 11.6 Å². The highest BCUT2D eigenvalue weighted by Gasteiger charge is 2.33. The molecule has 12 nitrogen and oxygen atoms in total. The quantitative estimate of drug-likeness (QED) is 0.428. The van der Waals surface area contributed by atoms with E-state index in [4.69, 9.17) is 31.6 Å². The SMILES string of the molecule is CC(N)OC(=O)OCC1Cn2nc3c(c2C(=O)NO1)CN(C(=O)Nc1ccc(F)c(Cl)c1)CC3. The second kappa shape index (κ2) is 9.83. The lowest BCUT2D eigenvalue weighted by atomic mass is 10.1. The summed E-state index contributed by atoms with van der Waals surface area (Å²) in [6, 6.07) is 3.44. The molecule has 1 aromatic carbocycles. The lowest BCUT2D eigenvalue weighted by Gasteiger charge is -2.27. The lowest BCUT2D eigenvalue weighted by molar-refractivity contribution is -0.0584. The fourth-order valence-corrected chi connectivity index (χ4v) is 3.79. The van der Waals surface area contributed by atoms with E-state index in [2.05, 4.69) is 15.9 Å². The highest BCUT2D eigenvalue weighted by Crippen LogP contribution is 2.25. The third kappa shape index (κ3) is 5.21. The molecular formula is C20H22ClFN6O6. The van der Waals surface area contributed by atoms with E-state index < -0.39 is 36.2 Å². The molecule has 4 N–H and O–H groups in total. The number of nitrogens with two attached hydrogens (primary N) is 1. The van der Waals surface area contributed by atoms with E-state index in [1.807, 2.05) is 0 Å². The maximum absolute atomic E-state index is 13.4. The highest BCUT2D eigenvalue weighted by molar-refractivity contribution is 6.31. The zero-order valence-electron chi connectivity index (χ0n) is 18.0. The summed E-state index contributed by atoms with van der Waals surface area (Å²) >= 11 is 5.77. The first-order valence-electron chi connectivity index (χ1n) is 10.4. The number of fused-ring (bicyclic) bond motifs is 3. The minimum atomic E-state index is -0.960. The summed E-state index contributed by atoms with van der Waals surface area (Å²) in [5, 5.41) is 7.05. The molecule has 3 heterocycles. The number of carbonyl (C=O) groups excluding carboxylic acids is 3. The van der Waals surface area contributed by atoms with Crippen molar-refractivity contribution in [3.05, 3.63) is 46.0 Å². The summed E-state index contributed by atoms with van der Waals surface area (Å²) in [6.45, 7) is 1.87. The van der Waals surface area contributed by atoms with Crippen molar-refractivity contribution in [3.63, 3.8) is 0 Å². The van der Waals surface area contributed by atoms with Crippen LogP contribution in [0.5, 0.6) is 0 Å². The highest BCUT2D eigenvalue weighted by atomic mass is 35.5. The Morgan fingerprint density at radius 1 is 1.47 bits per heavy atom. The van der Waals surface area contributed by atoms with Gasteiger partial charge < -0.3 is 19.7 Å². The molecule has 3 amide bonds. The van der Waals surface area contributed by atoms with Gasteiger partial charge in [0.1, 0.15) is 24.2 Å². The fraction of sp³-hybridized carbons (Fsp3) is 0.400. The fourth-order valence-electron chi connectivity index (χ4n) is 3.61. The van der Waals surface area contributed by atoms with Crippen LogP contribution in [0, 0.1) is 5.82 Å². The van der Waals surface area contributed by atoms with Gasteiger partial charge in [-0.2, -0.15) is 5.10 Å². The molecule has 0 bridgehead atoms. The smallest absolute Gasteiger partial charge is 0.431 e. The normalized spacial score (nSPS) is 18.2. The molecule has 2 aliphatic heterocycles. The Bertz CT molecular complexity index is 1130. The van der Waals surface area contributed by atoms with Crippen molar-refractivity contribution in [2.75, 3.05) is 18.5 Å². The van der Waals surface area contributed by atoms with Crippen LogP contribution < -0.4 is 16.5 Å². The Morgan fingerprint density at radius 3 is 3.00 bits per heavy atom. The number of benzene rings is 1. The van der Waals surface area contributed by atoms with Crippen LogP contribution in [-0.2, 0) is 33.8 Å². The van der Waals surface area contributed by atoms with Crippen molar-refractivity contribution in [2.45, 2.75) is 38.8 Å². The maximum Gasteiger partial charge on any atom is 0.509 e. The van der Waals surface area contributed by atoms with E-state index in [1.54, 1.807) is 0 Å². The van der Waals surface area contributed by atoms with Crippen molar-refractivity contribution < 1.29 is 33.1 Å². The van der Waals surface area contributed by atoms with Crippen LogP contribution in [0.4, 0.5) is 19.7 Å². The Balaban J connectivity index is 1.45. The van der Waals surface area contributed by atoms with Crippen LogP contribution in [0.1, 0.15) is 28.7 Å². The van der Waals surface area contributed by atoms with Crippen molar-refractivity contribution in [3.8, 4) is 0 Å². The van der Waals surface area contributed by atoms with Gasteiger partial charge in [-0.15, -0.1) is 0 Å². The summed E-state index contributed by atoms with van der Waals surface area (Å²) < 4.78 is 24.5. The zero-order chi connectivity index (χ0) is 24.4. The molecular weight excluding hydrogens is 475 g/mol. The Labute approximate surface area is 198 Å². The molecule has 0 saturated carbocycles. The number of hydrogen-bond donors (Lipinski definition) is 3. The van der Waals surface area contributed by atoms with Gasteiger partial charge >= 0.3 is 12.2 Å². The molecule has 1 aromatic heterocycles. The van der Waals surface area contributed by atoms with Crippen molar-refractivity contribution in [1.82, 2.24) is 20.2 Å². The van der Waals surface area contributed by atoms with Gasteiger partial charge in [0.05, 0.1) is 23.8 Å². The minimum absolute atomic E-state index is 0.110. The molecule has 4 rings (SSSR count). The van der Waals surface area contributed by atoms with Gasteiger partial charge in [0.15, 0.2) is 6.23 Å². The number of nitrogens with zero attached hydrogens (tertiary/aromatic N) is 3. The predicted molar refractivity (Wildman–Crippen MR) is 115 cm³/mol. The lowest BCUT2D eigenvalue weighted by Crippen LogP contribution is -2.39. The average Bonchev–Trinajstić information content (AvgIpc) is 3.06. The van der Waals surface area contributed by atoms with E-state index in [0.29, 0.717) is 29.9 Å². The van der Waals surface area contributed by atoms with Crippen LogP contribution in [0.25, 0.3) is 0 Å². The van der Waals surface area contributed by atoms with Crippen LogP contribution in [0.3, 0.4) is 0 Å². The van der Waals surface area contributed by atoms with E-state index in [9.17, 15) is 18.8 Å². The molecule has 0 saturated heterocycles. The number of urea groups is 1. The van der Waals surface area contributed by atoms with Crippen LogP contribution in [0.2, 0.25) is 5.02 Å². The third-order valence-corrected chi connectivity index (χ3v) is 5.43. The number of halogens is 2. The second-order valence-corrected chi connectivity index (χ2v) is 8.15. The zero-order valence-corrected chi connectivity index (χ0v) is 18.8. The third-order valence-electron chi connectivity index (χ3n) is 5.14. The first kappa shape index (κ1) is 23.7. The molecule has 34 heavy (non-hydrogen) atoms. The molecule has 14 heteroatoms. The number of ether oxygens (including phenoxy) is 2. The van der Waals surface area contributed by atoms with Crippen molar-refractivity contribution in [2.24, 2.45) is 5.73 Å². The van der Waals surface area contributed by atoms with E-state index in [1.165, 1.54) is 28.6 Å². The molecule has 2 atom stereocenters. The molecule has 2 aliphatic rings. The number of carbonyl (C=O) groups is 3. The van der Waals surface area contributed by atoms with Gasteiger partial charge in [0, 0.05) is 24.2 Å². The minimum Gasteiger partial charge on any atom is -0.431 e. The summed E-state index contributed by atoms with van der Waals surface area (Å²) in [5.74, 6) is -1.13. The number of hydrogen-bond acceptors (Lipinski definition) is 8. The second-order valence-electron chi connectivity index (χ2n) is 7.74. The number of amides is 3. The van der Waals surface area contributed by atoms with E-state index >= 15 is 0 Å². The largest absolute Gasteiger partial charge is 0.509 e. The van der Waals surface area contributed by atoms with Gasteiger partial charge in [-0.05, 0) is 25.1 Å². The molecule has 0 spiro atoms. The number of rotatable bonds is 4. The summed E-state index contributed by atoms with van der Waals surface area (Å²) in [5.41, 5.74) is 9.54. The molecule has 0 radical (unpaired) electrons. The summed E-state index contributed by atoms with van der Waals surface area (Å²) in [4.78, 5) is 43.8.